The summed E-state index contributed by atoms with van der Waals surface area (Å²) < 4.78 is 37.9. The van der Waals surface area contributed by atoms with Gasteiger partial charge < -0.3 is 5.11 Å². The van der Waals surface area contributed by atoms with Crippen LogP contribution in [0.5, 0.6) is 0 Å². The maximum atomic E-state index is 12.6. The Balaban J connectivity index is 2.59. The first-order valence-electron chi connectivity index (χ1n) is 5.19. The second kappa shape index (κ2) is 3.72. The zero-order valence-electron chi connectivity index (χ0n) is 9.35. The first-order chi connectivity index (χ1) is 7.65. The van der Waals surface area contributed by atoms with Crippen LogP contribution in [0.25, 0.3) is 0 Å². The van der Waals surface area contributed by atoms with Gasteiger partial charge in [-0.05, 0) is 23.3 Å². The molecule has 0 heterocycles. The molecule has 0 saturated heterocycles. The van der Waals surface area contributed by atoms with Crippen LogP contribution in [0, 0.1) is 0 Å². The van der Waals surface area contributed by atoms with Crippen molar-refractivity contribution in [3.63, 3.8) is 0 Å². The fraction of sp³-hybridized carbons (Fsp3) is 0.500. The molecule has 0 unspecified atom stereocenters. The van der Waals surface area contributed by atoms with Gasteiger partial charge in [0, 0.05) is 5.41 Å². The Bertz CT molecular complexity index is 454. The van der Waals surface area contributed by atoms with E-state index in [0.29, 0.717) is 11.1 Å². The van der Waals surface area contributed by atoms with Crippen LogP contribution in [-0.4, -0.2) is 9.93 Å². The molecule has 5 heteroatoms. The number of benzene rings is 1. The minimum absolute atomic E-state index is 0.270. The quantitative estimate of drug-likeness (QED) is 0.723. The lowest BCUT2D eigenvalue weighted by atomic mass is 9.85. The molecule has 0 bridgehead atoms. The monoisotopic (exact) mass is 308 g/mol. The van der Waals surface area contributed by atoms with Gasteiger partial charge in [-0.2, -0.15) is 13.2 Å². The Labute approximate surface area is 106 Å². The number of aliphatic hydroxyl groups excluding tert-OH is 1. The third kappa shape index (κ3) is 1.89. The minimum Gasteiger partial charge on any atom is -0.387 e. The normalized spacial score (nSPS) is 27.0. The number of alkyl halides is 4. The standard InChI is InChI=1S/C12H12BrF3O/c1-11(2)8-5-6(12(14,15)16)3-4-7(8)9(17)10(11)13/h3-5,9-10,17H,1-2H3/t9-,10+/m1/s1. The van der Waals surface area contributed by atoms with Gasteiger partial charge in [0.25, 0.3) is 0 Å². The van der Waals surface area contributed by atoms with Crippen molar-refractivity contribution in [2.24, 2.45) is 0 Å². The molecule has 1 aliphatic rings. The predicted octanol–water partition coefficient (Wildman–Crippen LogP) is 3.79. The topological polar surface area (TPSA) is 20.2 Å². The lowest BCUT2D eigenvalue weighted by Crippen LogP contribution is -2.26. The summed E-state index contributed by atoms with van der Waals surface area (Å²) in [4.78, 5) is -0.270. The molecule has 1 aromatic carbocycles. The number of fused-ring (bicyclic) bond motifs is 1. The summed E-state index contributed by atoms with van der Waals surface area (Å²) in [5, 5.41) is 9.95. The Hall–Kier alpha value is -0.550. The van der Waals surface area contributed by atoms with E-state index in [1.54, 1.807) is 0 Å². The number of hydrogen-bond donors (Lipinski definition) is 1. The van der Waals surface area contributed by atoms with E-state index in [0.717, 1.165) is 12.1 Å². The van der Waals surface area contributed by atoms with Crippen molar-refractivity contribution < 1.29 is 18.3 Å². The van der Waals surface area contributed by atoms with E-state index in [2.05, 4.69) is 15.9 Å². The van der Waals surface area contributed by atoms with Crippen LogP contribution in [0.15, 0.2) is 18.2 Å². The maximum absolute atomic E-state index is 12.6. The number of rotatable bonds is 0. The van der Waals surface area contributed by atoms with Crippen LogP contribution in [0.3, 0.4) is 0 Å². The highest BCUT2D eigenvalue weighted by Gasteiger charge is 2.45. The van der Waals surface area contributed by atoms with Crippen LogP contribution in [0.1, 0.15) is 36.6 Å². The fourth-order valence-electron chi connectivity index (χ4n) is 2.25. The fourth-order valence-corrected chi connectivity index (χ4v) is 2.78. The summed E-state index contributed by atoms with van der Waals surface area (Å²) in [5.41, 5.74) is -0.0552. The number of aliphatic hydroxyl groups is 1. The van der Waals surface area contributed by atoms with E-state index in [1.807, 2.05) is 13.8 Å². The molecule has 1 aromatic rings. The summed E-state index contributed by atoms with van der Waals surface area (Å²) >= 11 is 3.35. The first-order valence-corrected chi connectivity index (χ1v) is 6.11. The van der Waals surface area contributed by atoms with E-state index < -0.39 is 23.3 Å². The molecule has 1 N–H and O–H groups in total. The molecule has 1 aliphatic carbocycles. The zero-order valence-corrected chi connectivity index (χ0v) is 10.9. The largest absolute Gasteiger partial charge is 0.416 e. The average Bonchev–Trinajstić information content (AvgIpc) is 2.39. The summed E-state index contributed by atoms with van der Waals surface area (Å²) in [6.07, 6.45) is -5.11. The smallest absolute Gasteiger partial charge is 0.387 e. The summed E-state index contributed by atoms with van der Waals surface area (Å²) in [6, 6.07) is 3.52. The molecule has 0 radical (unpaired) electrons. The molecule has 0 spiro atoms. The van der Waals surface area contributed by atoms with E-state index in [-0.39, 0.29) is 4.83 Å². The molecule has 2 rings (SSSR count). The van der Waals surface area contributed by atoms with Gasteiger partial charge in [-0.3, -0.25) is 0 Å². The molecule has 0 saturated carbocycles. The molecule has 17 heavy (non-hydrogen) atoms. The van der Waals surface area contributed by atoms with Crippen molar-refractivity contribution in [2.75, 3.05) is 0 Å². The average molecular weight is 309 g/mol. The summed E-state index contributed by atoms with van der Waals surface area (Å²) in [5.74, 6) is 0. The Morgan fingerprint density at radius 1 is 1.29 bits per heavy atom. The highest BCUT2D eigenvalue weighted by molar-refractivity contribution is 9.09. The zero-order chi connectivity index (χ0) is 13.0. The van der Waals surface area contributed by atoms with Crippen molar-refractivity contribution in [3.8, 4) is 0 Å². The van der Waals surface area contributed by atoms with Crippen molar-refractivity contribution >= 4 is 15.9 Å². The predicted molar refractivity (Wildman–Crippen MR) is 62.1 cm³/mol. The summed E-state index contributed by atoms with van der Waals surface area (Å²) in [6.45, 7) is 3.64. The molecule has 0 aromatic heterocycles. The van der Waals surface area contributed by atoms with Gasteiger partial charge in [0.15, 0.2) is 0 Å². The van der Waals surface area contributed by atoms with Crippen LogP contribution in [0.2, 0.25) is 0 Å². The van der Waals surface area contributed by atoms with E-state index >= 15 is 0 Å². The molecule has 94 valence electrons. The molecule has 2 atom stereocenters. The van der Waals surface area contributed by atoms with Gasteiger partial charge in [0.1, 0.15) is 0 Å². The summed E-state index contributed by atoms with van der Waals surface area (Å²) in [7, 11) is 0. The van der Waals surface area contributed by atoms with Gasteiger partial charge in [-0.1, -0.05) is 35.8 Å². The first kappa shape index (κ1) is 12.9. The van der Waals surface area contributed by atoms with Crippen LogP contribution in [0.4, 0.5) is 13.2 Å². The van der Waals surface area contributed by atoms with Gasteiger partial charge in [0.05, 0.1) is 16.5 Å². The third-order valence-corrected chi connectivity index (χ3v) is 5.01. The highest BCUT2D eigenvalue weighted by Crippen LogP contribution is 2.49. The third-order valence-electron chi connectivity index (χ3n) is 3.36. The van der Waals surface area contributed by atoms with Crippen molar-refractivity contribution in [1.29, 1.82) is 0 Å². The van der Waals surface area contributed by atoms with Crippen molar-refractivity contribution in [2.45, 2.75) is 36.4 Å². The van der Waals surface area contributed by atoms with Gasteiger partial charge in [0.2, 0.25) is 0 Å². The highest BCUT2D eigenvalue weighted by atomic mass is 79.9. The number of hydrogen-bond acceptors (Lipinski definition) is 1. The van der Waals surface area contributed by atoms with Crippen LogP contribution >= 0.6 is 15.9 Å². The molecular weight excluding hydrogens is 297 g/mol. The molecule has 0 fully saturated rings. The van der Waals surface area contributed by atoms with Gasteiger partial charge in [-0.25, -0.2) is 0 Å². The van der Waals surface area contributed by atoms with Gasteiger partial charge in [-0.15, -0.1) is 0 Å². The second-order valence-electron chi connectivity index (χ2n) is 4.87. The Morgan fingerprint density at radius 2 is 1.88 bits per heavy atom. The van der Waals surface area contributed by atoms with E-state index in [4.69, 9.17) is 0 Å². The SMILES string of the molecule is CC1(C)c2cc(C(F)(F)F)ccc2[C@@H](O)[C@@H]1Br. The lowest BCUT2D eigenvalue weighted by molar-refractivity contribution is -0.137. The maximum Gasteiger partial charge on any atom is 0.416 e. The lowest BCUT2D eigenvalue weighted by Gasteiger charge is -2.25. The molecule has 1 nitrogen and oxygen atoms in total. The van der Waals surface area contributed by atoms with Crippen LogP contribution < -0.4 is 0 Å². The Kier molecular flexibility index (Phi) is 2.82. The molecule has 0 aliphatic heterocycles. The van der Waals surface area contributed by atoms with Crippen LogP contribution in [-0.2, 0) is 11.6 Å². The van der Waals surface area contributed by atoms with Gasteiger partial charge >= 0.3 is 6.18 Å². The van der Waals surface area contributed by atoms with Crippen molar-refractivity contribution in [3.05, 3.63) is 34.9 Å². The molecule has 0 amide bonds. The Morgan fingerprint density at radius 3 is 2.41 bits per heavy atom. The van der Waals surface area contributed by atoms with E-state index in [1.165, 1.54) is 6.07 Å². The molecular formula is C12H12BrF3O. The number of halogens is 4. The minimum atomic E-state index is -4.35. The second-order valence-corrected chi connectivity index (χ2v) is 5.85. The van der Waals surface area contributed by atoms with E-state index in [9.17, 15) is 18.3 Å². The van der Waals surface area contributed by atoms with Crippen molar-refractivity contribution in [1.82, 2.24) is 0 Å².